The number of thiophene rings is 1. The minimum atomic E-state index is -4.57. The molecule has 1 aliphatic rings. The van der Waals surface area contributed by atoms with Crippen molar-refractivity contribution >= 4 is 39.2 Å². The third kappa shape index (κ3) is 5.09. The van der Waals surface area contributed by atoms with E-state index in [0.717, 1.165) is 17.4 Å². The lowest BCUT2D eigenvalue weighted by Crippen LogP contribution is -2.50. The van der Waals surface area contributed by atoms with E-state index in [2.05, 4.69) is 15.6 Å². The molecule has 1 aliphatic heterocycles. The molecule has 3 rings (SSSR count). The second-order valence-electron chi connectivity index (χ2n) is 7.80. The van der Waals surface area contributed by atoms with Gasteiger partial charge in [-0.25, -0.2) is 4.98 Å². The van der Waals surface area contributed by atoms with Gasteiger partial charge in [-0.2, -0.15) is 13.2 Å². The Hall–Kier alpha value is -2.40. The van der Waals surface area contributed by atoms with Crippen LogP contribution in [-0.2, 0) is 11.0 Å². The SMILES string of the molecule is CNC(=O)c1c(C)sc2c(C(F)(F)F)cc(N3CCN(CC(=O)NC(C)C)CC3)nc12. The van der Waals surface area contributed by atoms with Crippen LogP contribution in [0.4, 0.5) is 19.0 Å². The lowest BCUT2D eigenvalue weighted by molar-refractivity contribution is -0.136. The Bertz CT molecular complexity index is 981. The number of carbonyl (C=O) groups is 2. The maximum Gasteiger partial charge on any atom is 0.417 e. The van der Waals surface area contributed by atoms with Crippen LogP contribution in [0.25, 0.3) is 10.2 Å². The van der Waals surface area contributed by atoms with Gasteiger partial charge in [0.2, 0.25) is 5.91 Å². The summed E-state index contributed by atoms with van der Waals surface area (Å²) in [6, 6.07) is 1.11. The van der Waals surface area contributed by atoms with Crippen molar-refractivity contribution in [3.63, 3.8) is 0 Å². The minimum Gasteiger partial charge on any atom is -0.355 e. The quantitative estimate of drug-likeness (QED) is 0.722. The number of hydrogen-bond donors (Lipinski definition) is 2. The molecule has 2 amide bonds. The number of nitrogens with zero attached hydrogens (tertiary/aromatic N) is 3. The summed E-state index contributed by atoms with van der Waals surface area (Å²) in [5.74, 6) is -0.345. The number of piperazine rings is 1. The number of carbonyl (C=O) groups excluding carboxylic acids is 2. The maximum atomic E-state index is 13.8. The fourth-order valence-electron chi connectivity index (χ4n) is 3.63. The second-order valence-corrected chi connectivity index (χ2v) is 9.03. The van der Waals surface area contributed by atoms with Crippen molar-refractivity contribution in [3.05, 3.63) is 22.1 Å². The summed E-state index contributed by atoms with van der Waals surface area (Å²) in [5, 5.41) is 5.32. The molecule has 0 radical (unpaired) electrons. The number of hydrogen-bond acceptors (Lipinski definition) is 6. The number of alkyl halides is 3. The van der Waals surface area contributed by atoms with Crippen LogP contribution in [0.2, 0.25) is 0 Å². The van der Waals surface area contributed by atoms with Gasteiger partial charge in [-0.3, -0.25) is 14.5 Å². The predicted octanol–water partition coefficient (Wildman–Crippen LogP) is 2.63. The highest BCUT2D eigenvalue weighted by molar-refractivity contribution is 7.19. The van der Waals surface area contributed by atoms with E-state index in [4.69, 9.17) is 0 Å². The Balaban J connectivity index is 1.89. The van der Waals surface area contributed by atoms with E-state index in [1.165, 1.54) is 7.05 Å². The zero-order valence-electron chi connectivity index (χ0n) is 17.9. The Morgan fingerprint density at radius 2 is 1.87 bits per heavy atom. The largest absolute Gasteiger partial charge is 0.417 e. The molecule has 0 saturated carbocycles. The summed E-state index contributed by atoms with van der Waals surface area (Å²) in [4.78, 5) is 32.9. The molecule has 2 aromatic rings. The van der Waals surface area contributed by atoms with Crippen LogP contribution in [-0.4, -0.2) is 67.5 Å². The van der Waals surface area contributed by atoms with E-state index in [1.54, 1.807) is 11.8 Å². The van der Waals surface area contributed by atoms with E-state index in [-0.39, 0.29) is 40.1 Å². The number of aryl methyl sites for hydroxylation is 1. The van der Waals surface area contributed by atoms with Crippen molar-refractivity contribution in [1.82, 2.24) is 20.5 Å². The summed E-state index contributed by atoms with van der Waals surface area (Å²) in [6.07, 6.45) is -4.57. The zero-order chi connectivity index (χ0) is 22.9. The van der Waals surface area contributed by atoms with E-state index >= 15 is 0 Å². The molecule has 0 aliphatic carbocycles. The molecule has 2 aromatic heterocycles. The van der Waals surface area contributed by atoms with Gasteiger partial charge in [0.25, 0.3) is 5.91 Å². The molecule has 1 fully saturated rings. The molecule has 170 valence electrons. The lowest BCUT2D eigenvalue weighted by Gasteiger charge is -2.35. The van der Waals surface area contributed by atoms with Crippen LogP contribution >= 0.6 is 11.3 Å². The third-order valence-corrected chi connectivity index (χ3v) is 6.20. The predicted molar refractivity (Wildman–Crippen MR) is 115 cm³/mol. The molecule has 7 nitrogen and oxygen atoms in total. The van der Waals surface area contributed by atoms with Gasteiger partial charge in [0.1, 0.15) is 5.82 Å². The number of nitrogens with one attached hydrogen (secondary N) is 2. The van der Waals surface area contributed by atoms with Gasteiger partial charge in [-0.05, 0) is 26.8 Å². The van der Waals surface area contributed by atoms with E-state index in [1.807, 2.05) is 18.7 Å². The van der Waals surface area contributed by atoms with E-state index in [9.17, 15) is 22.8 Å². The molecule has 0 aromatic carbocycles. The molecule has 1 saturated heterocycles. The number of amides is 2. The van der Waals surface area contributed by atoms with Crippen LogP contribution < -0.4 is 15.5 Å². The summed E-state index contributed by atoms with van der Waals surface area (Å²) >= 11 is 0.929. The average Bonchev–Trinajstić information content (AvgIpc) is 3.01. The second kappa shape index (κ2) is 8.99. The van der Waals surface area contributed by atoms with Gasteiger partial charge < -0.3 is 15.5 Å². The molecule has 31 heavy (non-hydrogen) atoms. The number of pyridine rings is 1. The number of rotatable bonds is 5. The van der Waals surface area contributed by atoms with Crippen molar-refractivity contribution < 1.29 is 22.8 Å². The van der Waals surface area contributed by atoms with E-state index in [0.29, 0.717) is 31.1 Å². The average molecular weight is 458 g/mol. The van der Waals surface area contributed by atoms with Crippen molar-refractivity contribution in [2.45, 2.75) is 33.0 Å². The Morgan fingerprint density at radius 3 is 2.42 bits per heavy atom. The highest BCUT2D eigenvalue weighted by Crippen LogP contribution is 2.42. The minimum absolute atomic E-state index is 0.0312. The maximum absolute atomic E-state index is 13.8. The first kappa shape index (κ1) is 23.3. The molecule has 3 heterocycles. The summed E-state index contributed by atoms with van der Waals surface area (Å²) < 4.78 is 41.4. The van der Waals surface area contributed by atoms with Crippen LogP contribution in [0.15, 0.2) is 6.07 Å². The summed E-state index contributed by atoms with van der Waals surface area (Å²) in [6.45, 7) is 7.56. The van der Waals surface area contributed by atoms with Crippen LogP contribution in [0, 0.1) is 6.92 Å². The first-order valence-electron chi connectivity index (χ1n) is 10.0. The van der Waals surface area contributed by atoms with Crippen LogP contribution in [0.3, 0.4) is 0 Å². The molecule has 0 spiro atoms. The summed E-state index contributed by atoms with van der Waals surface area (Å²) in [7, 11) is 1.44. The van der Waals surface area contributed by atoms with Gasteiger partial charge in [0.05, 0.1) is 27.9 Å². The van der Waals surface area contributed by atoms with Crippen LogP contribution in [0.1, 0.15) is 34.6 Å². The normalized spacial score (nSPS) is 15.5. The Kier molecular flexibility index (Phi) is 6.75. The fourth-order valence-corrected chi connectivity index (χ4v) is 4.76. The molecule has 0 bridgehead atoms. The Morgan fingerprint density at radius 1 is 1.23 bits per heavy atom. The van der Waals surface area contributed by atoms with Gasteiger partial charge in [0.15, 0.2) is 0 Å². The number of halogens is 3. The molecule has 0 unspecified atom stereocenters. The van der Waals surface area contributed by atoms with Gasteiger partial charge in [-0.15, -0.1) is 11.3 Å². The van der Waals surface area contributed by atoms with Crippen molar-refractivity contribution in [1.29, 1.82) is 0 Å². The van der Waals surface area contributed by atoms with Gasteiger partial charge >= 0.3 is 6.18 Å². The third-order valence-electron chi connectivity index (χ3n) is 5.08. The van der Waals surface area contributed by atoms with Gasteiger partial charge in [0, 0.05) is 44.1 Å². The van der Waals surface area contributed by atoms with E-state index < -0.39 is 17.6 Å². The zero-order valence-corrected chi connectivity index (χ0v) is 18.7. The Labute approximate surface area is 182 Å². The highest BCUT2D eigenvalue weighted by Gasteiger charge is 2.36. The smallest absolute Gasteiger partial charge is 0.355 e. The summed E-state index contributed by atoms with van der Waals surface area (Å²) in [5.41, 5.74) is -0.529. The first-order chi connectivity index (χ1) is 14.5. The van der Waals surface area contributed by atoms with Crippen LogP contribution in [0.5, 0.6) is 0 Å². The molecular formula is C20H26F3N5O2S. The number of anilines is 1. The molecule has 2 N–H and O–H groups in total. The first-order valence-corrected chi connectivity index (χ1v) is 10.8. The number of fused-ring (bicyclic) bond motifs is 1. The van der Waals surface area contributed by atoms with Crippen molar-refractivity contribution in [2.24, 2.45) is 0 Å². The van der Waals surface area contributed by atoms with Crippen molar-refractivity contribution in [2.75, 3.05) is 44.7 Å². The molecule has 0 atom stereocenters. The highest BCUT2D eigenvalue weighted by atomic mass is 32.1. The van der Waals surface area contributed by atoms with Crippen molar-refractivity contribution in [3.8, 4) is 0 Å². The monoisotopic (exact) mass is 457 g/mol. The topological polar surface area (TPSA) is 77.6 Å². The standard InChI is InChI=1S/C20H26F3N5O2S/c1-11(2)25-15(29)10-27-5-7-28(8-6-27)14-9-13(20(21,22)23)18-17(26-14)16(12(3)31-18)19(30)24-4/h9,11H,5-8,10H2,1-4H3,(H,24,30)(H,25,29). The molecular weight excluding hydrogens is 431 g/mol. The molecule has 11 heteroatoms. The fraction of sp³-hybridized carbons (Fsp3) is 0.550. The lowest BCUT2D eigenvalue weighted by atomic mass is 10.1. The number of aromatic nitrogens is 1. The van der Waals surface area contributed by atoms with Gasteiger partial charge in [-0.1, -0.05) is 0 Å².